The summed E-state index contributed by atoms with van der Waals surface area (Å²) >= 11 is 0. The molecule has 9 N–H and O–H groups in total. The minimum absolute atomic E-state index is 0.250. The third kappa shape index (κ3) is 20.0. The van der Waals surface area contributed by atoms with E-state index in [1.807, 2.05) is 0 Å². The second-order valence-electron chi connectivity index (χ2n) is 3.47. The predicted molar refractivity (Wildman–Crippen MR) is 71.9 cm³/mol. The molecule has 0 radical (unpaired) electrons. The van der Waals surface area contributed by atoms with Gasteiger partial charge in [0.15, 0.2) is 0 Å². The van der Waals surface area contributed by atoms with Crippen LogP contribution in [-0.2, 0) is 0 Å². The Kier molecular flexibility index (Phi) is 33.1. The molecule has 0 spiro atoms. The molecule has 0 aromatic rings. The van der Waals surface area contributed by atoms with E-state index in [1.54, 1.807) is 6.92 Å². The second-order valence-corrected chi connectivity index (χ2v) is 3.47. The fraction of sp³-hybridized carbons (Fsp3) is 1.00. The van der Waals surface area contributed by atoms with Gasteiger partial charge in [-0.25, -0.2) is 0 Å². The zero-order valence-electron chi connectivity index (χ0n) is 12.1. The Balaban J connectivity index is -0.000000101. The Bertz CT molecular complexity index is 120. The van der Waals surface area contributed by atoms with Crippen LogP contribution in [-0.4, -0.2) is 105 Å². The lowest BCUT2D eigenvalue weighted by molar-refractivity contribution is -0.0328. The van der Waals surface area contributed by atoms with Crippen molar-refractivity contribution in [3.8, 4) is 0 Å². The van der Waals surface area contributed by atoms with Gasteiger partial charge in [0, 0.05) is 13.7 Å². The molecule has 20 heavy (non-hydrogen) atoms. The summed E-state index contributed by atoms with van der Waals surface area (Å²) in [6, 6.07) is 0. The van der Waals surface area contributed by atoms with Gasteiger partial charge in [-0.3, -0.25) is 0 Å². The Morgan fingerprint density at radius 3 is 0.900 bits per heavy atom. The minimum atomic E-state index is -1.11. The zero-order chi connectivity index (χ0) is 17.0. The lowest BCUT2D eigenvalue weighted by Gasteiger charge is -2.23. The summed E-state index contributed by atoms with van der Waals surface area (Å²) in [7, 11) is 1.00. The summed E-state index contributed by atoms with van der Waals surface area (Å²) in [5.41, 5.74) is -1.11. The molecule has 0 unspecified atom stereocenters. The van der Waals surface area contributed by atoms with E-state index in [2.05, 4.69) is 0 Å². The van der Waals surface area contributed by atoms with Crippen LogP contribution in [0.3, 0.4) is 0 Å². The van der Waals surface area contributed by atoms with Crippen molar-refractivity contribution in [3.05, 3.63) is 0 Å². The number of aliphatic hydroxyl groups excluding tert-OH is 9. The molecule has 0 aromatic heterocycles. The number of hydrogen-bond donors (Lipinski definition) is 9. The highest BCUT2D eigenvalue weighted by Crippen LogP contribution is 2.11. The molecule has 0 aliphatic carbocycles. The van der Waals surface area contributed by atoms with Crippen molar-refractivity contribution < 1.29 is 46.0 Å². The van der Waals surface area contributed by atoms with E-state index < -0.39 is 37.9 Å². The molecule has 0 saturated heterocycles. The van der Waals surface area contributed by atoms with E-state index in [-0.39, 0.29) is 19.8 Å². The molecule has 0 heterocycles. The average Bonchev–Trinajstić information content (AvgIpc) is 2.52. The van der Waals surface area contributed by atoms with Crippen molar-refractivity contribution in [3.63, 3.8) is 0 Å². The number of hydrogen-bond acceptors (Lipinski definition) is 9. The van der Waals surface area contributed by atoms with Crippen LogP contribution in [0.1, 0.15) is 6.92 Å². The van der Waals surface area contributed by atoms with Crippen LogP contribution in [0.4, 0.5) is 0 Å². The van der Waals surface area contributed by atoms with E-state index in [4.69, 9.17) is 46.0 Å². The van der Waals surface area contributed by atoms with Crippen molar-refractivity contribution in [2.24, 2.45) is 5.41 Å². The summed E-state index contributed by atoms with van der Waals surface area (Å²) < 4.78 is 0. The van der Waals surface area contributed by atoms with Crippen molar-refractivity contribution in [1.82, 2.24) is 0 Å². The first-order chi connectivity index (χ1) is 9.46. The van der Waals surface area contributed by atoms with Crippen LogP contribution in [0.25, 0.3) is 0 Å². The molecule has 9 nitrogen and oxygen atoms in total. The first kappa shape index (κ1) is 27.9. The van der Waals surface area contributed by atoms with Gasteiger partial charge in [-0.2, -0.15) is 0 Å². The first-order valence-corrected chi connectivity index (χ1v) is 5.86. The Hall–Kier alpha value is -0.360. The van der Waals surface area contributed by atoms with Crippen LogP contribution >= 0.6 is 0 Å². The van der Waals surface area contributed by atoms with Crippen LogP contribution in [0.15, 0.2) is 0 Å². The van der Waals surface area contributed by atoms with Gasteiger partial charge in [0.1, 0.15) is 6.10 Å². The highest BCUT2D eigenvalue weighted by molar-refractivity contribution is 4.74. The van der Waals surface area contributed by atoms with E-state index in [0.717, 1.165) is 7.11 Å². The van der Waals surface area contributed by atoms with Gasteiger partial charge in [-0.15, -0.1) is 0 Å². The summed E-state index contributed by atoms with van der Waals surface area (Å²) in [6.45, 7) is -0.424. The maximum absolute atomic E-state index is 8.50. The Morgan fingerprint density at radius 2 is 0.900 bits per heavy atom. The summed E-state index contributed by atoms with van der Waals surface area (Å²) in [5, 5.41) is 72.6. The van der Waals surface area contributed by atoms with Crippen LogP contribution in [0, 0.1) is 5.41 Å². The molecule has 0 fully saturated rings. The molecule has 0 aromatic carbocycles. The van der Waals surface area contributed by atoms with Crippen LogP contribution < -0.4 is 0 Å². The van der Waals surface area contributed by atoms with Crippen LogP contribution in [0.5, 0.6) is 0 Å². The largest absolute Gasteiger partial charge is 0.400 e. The SMILES string of the molecule is CCO.CO.OCC(CO)(CO)CO.OCC(O)CO. The molecular weight excluding hydrogens is 276 g/mol. The molecule has 0 aliphatic rings. The van der Waals surface area contributed by atoms with E-state index in [0.29, 0.717) is 0 Å². The van der Waals surface area contributed by atoms with Gasteiger partial charge in [0.2, 0.25) is 0 Å². The summed E-state index contributed by atoms with van der Waals surface area (Å²) in [5.74, 6) is 0. The second kappa shape index (κ2) is 23.7. The summed E-state index contributed by atoms with van der Waals surface area (Å²) in [4.78, 5) is 0. The molecule has 0 atom stereocenters. The monoisotopic (exact) mass is 306 g/mol. The maximum atomic E-state index is 8.50. The van der Waals surface area contributed by atoms with Gasteiger partial charge >= 0.3 is 0 Å². The van der Waals surface area contributed by atoms with Gasteiger partial charge in [0.05, 0.1) is 45.1 Å². The lowest BCUT2D eigenvalue weighted by atomic mass is 9.93. The van der Waals surface area contributed by atoms with Crippen molar-refractivity contribution in [1.29, 1.82) is 0 Å². The van der Waals surface area contributed by atoms with E-state index in [1.165, 1.54) is 0 Å². The number of aliphatic hydroxyl groups is 9. The highest BCUT2D eigenvalue weighted by Gasteiger charge is 2.26. The molecule has 0 bridgehead atoms. The van der Waals surface area contributed by atoms with Crippen molar-refractivity contribution in [2.45, 2.75) is 13.0 Å². The molecule has 9 heteroatoms. The Morgan fingerprint density at radius 1 is 0.700 bits per heavy atom. The summed E-state index contributed by atoms with van der Waals surface area (Å²) in [6.07, 6.45) is -0.954. The van der Waals surface area contributed by atoms with E-state index >= 15 is 0 Å². The molecule has 0 saturated carbocycles. The van der Waals surface area contributed by atoms with Gasteiger partial charge < -0.3 is 46.0 Å². The van der Waals surface area contributed by atoms with Crippen LogP contribution in [0.2, 0.25) is 0 Å². The topological polar surface area (TPSA) is 182 Å². The fourth-order valence-electron chi connectivity index (χ4n) is 0.358. The first-order valence-electron chi connectivity index (χ1n) is 5.86. The molecule has 0 amide bonds. The minimum Gasteiger partial charge on any atom is -0.400 e. The maximum Gasteiger partial charge on any atom is 0.100 e. The fourth-order valence-corrected chi connectivity index (χ4v) is 0.358. The van der Waals surface area contributed by atoms with Gasteiger partial charge in [0.25, 0.3) is 0 Å². The Labute approximate surface area is 119 Å². The van der Waals surface area contributed by atoms with Gasteiger partial charge in [-0.1, -0.05) is 0 Å². The third-order valence-electron chi connectivity index (χ3n) is 1.76. The lowest BCUT2D eigenvalue weighted by Crippen LogP contribution is -2.37. The normalized spacial score (nSPS) is 9.60. The standard InChI is InChI=1S/C5H12O4.C3H8O3.C2H6O.CH4O/c6-1-5(2-7,3-8)4-9;4-1-3(6)2-5;1-2-3;1-2/h6-9H,1-4H2;3-6H,1-2H2;3H,2H2,1H3;2H,1H3. The molecule has 128 valence electrons. The van der Waals surface area contributed by atoms with Crippen molar-refractivity contribution in [2.75, 3.05) is 53.4 Å². The zero-order valence-corrected chi connectivity index (χ0v) is 12.1. The number of rotatable bonds is 6. The smallest absolute Gasteiger partial charge is 0.100 e. The predicted octanol–water partition coefficient (Wildman–Crippen LogP) is -4.12. The van der Waals surface area contributed by atoms with Gasteiger partial charge in [-0.05, 0) is 6.92 Å². The van der Waals surface area contributed by atoms with Crippen molar-refractivity contribution >= 4 is 0 Å². The molecule has 0 aliphatic heterocycles. The highest BCUT2D eigenvalue weighted by atomic mass is 16.3. The molecule has 0 rings (SSSR count). The third-order valence-corrected chi connectivity index (χ3v) is 1.76. The quantitative estimate of drug-likeness (QED) is 0.235. The average molecular weight is 306 g/mol. The van der Waals surface area contributed by atoms with E-state index in [9.17, 15) is 0 Å². The molecular formula is C11H30O9.